The van der Waals surface area contributed by atoms with Gasteiger partial charge in [0.1, 0.15) is 0 Å². The Hall–Kier alpha value is -3.42. The van der Waals surface area contributed by atoms with E-state index in [1.54, 1.807) is 26.0 Å². The molecule has 0 radical (unpaired) electrons. The lowest BCUT2D eigenvalue weighted by atomic mass is 9.91. The smallest absolute Gasteiger partial charge is 0.251 e. The predicted molar refractivity (Wildman–Crippen MR) is 135 cm³/mol. The first-order valence-corrected chi connectivity index (χ1v) is 12.9. The molecule has 0 spiro atoms. The summed E-state index contributed by atoms with van der Waals surface area (Å²) in [7, 11) is -3.64. The van der Waals surface area contributed by atoms with Crippen LogP contribution in [-0.4, -0.2) is 43.2 Å². The Labute approximate surface area is 200 Å². The molecule has 1 atom stereocenters. The topological polar surface area (TPSA) is 82.3 Å². The van der Waals surface area contributed by atoms with Gasteiger partial charge < -0.3 is 10.3 Å². The molecule has 0 saturated carbocycles. The van der Waals surface area contributed by atoms with Gasteiger partial charge in [-0.1, -0.05) is 68.4 Å². The van der Waals surface area contributed by atoms with E-state index >= 15 is 0 Å². The van der Waals surface area contributed by atoms with E-state index in [0.29, 0.717) is 25.2 Å². The Morgan fingerprint density at radius 1 is 0.941 bits per heavy atom. The van der Waals surface area contributed by atoms with E-state index in [2.05, 4.69) is 28.5 Å². The van der Waals surface area contributed by atoms with Gasteiger partial charge in [-0.15, -0.1) is 0 Å². The van der Waals surface area contributed by atoms with Gasteiger partial charge in [0.15, 0.2) is 0 Å². The highest BCUT2D eigenvalue weighted by Crippen LogP contribution is 2.30. The lowest BCUT2D eigenvalue weighted by Crippen LogP contribution is -2.31. The number of fused-ring (bicyclic) bond motifs is 1. The molecule has 0 aliphatic carbocycles. The normalized spacial score (nSPS) is 12.7. The summed E-state index contributed by atoms with van der Waals surface area (Å²) < 4.78 is 27.2. The highest BCUT2D eigenvalue weighted by molar-refractivity contribution is 7.89. The number of sulfonamides is 1. The zero-order valence-corrected chi connectivity index (χ0v) is 20.2. The molecule has 0 aliphatic heterocycles. The zero-order chi connectivity index (χ0) is 24.1. The second-order valence-corrected chi connectivity index (χ2v) is 10.0. The van der Waals surface area contributed by atoms with Crippen molar-refractivity contribution < 1.29 is 13.2 Å². The number of para-hydroxylation sites is 1. The third-order valence-electron chi connectivity index (χ3n) is 6.10. The average molecular weight is 476 g/mol. The van der Waals surface area contributed by atoms with Crippen LogP contribution >= 0.6 is 0 Å². The predicted octanol–water partition coefficient (Wildman–Crippen LogP) is 4.76. The fourth-order valence-corrected chi connectivity index (χ4v) is 5.79. The van der Waals surface area contributed by atoms with Crippen LogP contribution in [-0.2, 0) is 10.0 Å². The van der Waals surface area contributed by atoms with Gasteiger partial charge in [0.05, 0.1) is 4.90 Å². The largest absolute Gasteiger partial charge is 0.361 e. The minimum absolute atomic E-state index is 0.0658. The SMILES string of the molecule is CCN(CC)S(=O)(=O)c1cccc(C(=O)NCC(c2ccccc2)c2c[nH]c3ccccc23)c1. The number of aromatic nitrogens is 1. The van der Waals surface area contributed by atoms with Crippen molar-refractivity contribution in [3.63, 3.8) is 0 Å². The fraction of sp³-hybridized carbons (Fsp3) is 0.222. The van der Waals surface area contributed by atoms with Crippen molar-refractivity contribution in [3.05, 3.63) is 102 Å². The number of nitrogens with one attached hydrogen (secondary N) is 2. The van der Waals surface area contributed by atoms with E-state index in [0.717, 1.165) is 22.0 Å². The maximum atomic E-state index is 13.1. The molecule has 0 saturated heterocycles. The van der Waals surface area contributed by atoms with Crippen LogP contribution in [0.5, 0.6) is 0 Å². The van der Waals surface area contributed by atoms with Gasteiger partial charge in [-0.25, -0.2) is 8.42 Å². The minimum atomic E-state index is -3.64. The molecule has 34 heavy (non-hydrogen) atoms. The summed E-state index contributed by atoms with van der Waals surface area (Å²) in [5.41, 5.74) is 3.54. The molecular formula is C27H29N3O3S. The average Bonchev–Trinajstić information content (AvgIpc) is 3.29. The van der Waals surface area contributed by atoms with Crippen molar-refractivity contribution in [2.24, 2.45) is 0 Å². The van der Waals surface area contributed by atoms with E-state index in [-0.39, 0.29) is 16.7 Å². The first kappa shape index (κ1) is 23.7. The highest BCUT2D eigenvalue weighted by atomic mass is 32.2. The third-order valence-corrected chi connectivity index (χ3v) is 8.15. The third kappa shape index (κ3) is 4.76. The van der Waals surface area contributed by atoms with Gasteiger partial charge >= 0.3 is 0 Å². The highest BCUT2D eigenvalue weighted by Gasteiger charge is 2.23. The van der Waals surface area contributed by atoms with Crippen LogP contribution in [0.3, 0.4) is 0 Å². The molecule has 1 heterocycles. The molecular weight excluding hydrogens is 446 g/mol. The van der Waals surface area contributed by atoms with Crippen LogP contribution in [0.25, 0.3) is 10.9 Å². The number of carbonyl (C=O) groups is 1. The Kier molecular flexibility index (Phi) is 7.14. The first-order chi connectivity index (χ1) is 16.5. The molecule has 6 nitrogen and oxygen atoms in total. The number of hydrogen-bond donors (Lipinski definition) is 2. The Bertz CT molecular complexity index is 1380. The van der Waals surface area contributed by atoms with E-state index in [1.807, 2.05) is 42.6 Å². The van der Waals surface area contributed by atoms with Crippen molar-refractivity contribution in [2.45, 2.75) is 24.7 Å². The van der Waals surface area contributed by atoms with Crippen molar-refractivity contribution in [1.29, 1.82) is 0 Å². The Morgan fingerprint density at radius 2 is 1.65 bits per heavy atom. The molecule has 3 aromatic carbocycles. The maximum absolute atomic E-state index is 13.1. The number of H-pyrrole nitrogens is 1. The number of benzene rings is 3. The first-order valence-electron chi connectivity index (χ1n) is 11.4. The molecule has 4 aromatic rings. The van der Waals surface area contributed by atoms with Gasteiger partial charge in [0, 0.05) is 48.2 Å². The van der Waals surface area contributed by atoms with Crippen LogP contribution in [0.2, 0.25) is 0 Å². The monoisotopic (exact) mass is 475 g/mol. The summed E-state index contributed by atoms with van der Waals surface area (Å²) in [6.45, 7) is 4.72. The Balaban J connectivity index is 1.60. The van der Waals surface area contributed by atoms with Gasteiger partial charge in [-0.2, -0.15) is 4.31 Å². The number of amides is 1. The lowest BCUT2D eigenvalue weighted by molar-refractivity contribution is 0.0952. The van der Waals surface area contributed by atoms with Crippen molar-refractivity contribution in [1.82, 2.24) is 14.6 Å². The summed E-state index contributed by atoms with van der Waals surface area (Å²) in [6, 6.07) is 24.4. The minimum Gasteiger partial charge on any atom is -0.361 e. The summed E-state index contributed by atoms with van der Waals surface area (Å²) in [4.78, 5) is 16.5. The van der Waals surface area contributed by atoms with Gasteiger partial charge in [0.2, 0.25) is 10.0 Å². The number of hydrogen-bond acceptors (Lipinski definition) is 3. The van der Waals surface area contributed by atoms with Crippen molar-refractivity contribution in [3.8, 4) is 0 Å². The number of nitrogens with zero attached hydrogens (tertiary/aromatic N) is 1. The zero-order valence-electron chi connectivity index (χ0n) is 19.4. The molecule has 7 heteroatoms. The van der Waals surface area contributed by atoms with Crippen molar-refractivity contribution >= 4 is 26.8 Å². The molecule has 1 aromatic heterocycles. The number of carbonyl (C=O) groups excluding carboxylic acids is 1. The number of aromatic amines is 1. The molecule has 176 valence electrons. The van der Waals surface area contributed by atoms with E-state index in [4.69, 9.17) is 0 Å². The van der Waals surface area contributed by atoms with Crippen LogP contribution in [0.15, 0.2) is 90.0 Å². The molecule has 2 N–H and O–H groups in total. The second-order valence-electron chi connectivity index (χ2n) is 8.08. The summed E-state index contributed by atoms with van der Waals surface area (Å²) in [6.07, 6.45) is 1.99. The summed E-state index contributed by atoms with van der Waals surface area (Å²) in [5.74, 6) is -0.374. The van der Waals surface area contributed by atoms with E-state index in [1.165, 1.54) is 16.4 Å². The fourth-order valence-electron chi connectivity index (χ4n) is 4.28. The van der Waals surface area contributed by atoms with Gasteiger partial charge in [0.25, 0.3) is 5.91 Å². The molecule has 0 bridgehead atoms. The van der Waals surface area contributed by atoms with Crippen LogP contribution in [0.1, 0.15) is 41.3 Å². The van der Waals surface area contributed by atoms with Crippen LogP contribution < -0.4 is 5.32 Å². The van der Waals surface area contributed by atoms with E-state index in [9.17, 15) is 13.2 Å². The van der Waals surface area contributed by atoms with E-state index < -0.39 is 10.0 Å². The quantitative estimate of drug-likeness (QED) is 0.366. The second kappa shape index (κ2) is 10.2. The summed E-state index contributed by atoms with van der Waals surface area (Å²) >= 11 is 0. The maximum Gasteiger partial charge on any atom is 0.251 e. The molecule has 1 unspecified atom stereocenters. The van der Waals surface area contributed by atoms with Crippen LogP contribution in [0, 0.1) is 0 Å². The number of rotatable bonds is 9. The standard InChI is InChI=1S/C27H29N3O3S/c1-3-30(4-2)34(32,33)22-14-10-13-21(17-22)27(31)29-18-24(20-11-6-5-7-12-20)25-19-28-26-16-9-8-15-23(25)26/h5-17,19,24,28H,3-4,18H2,1-2H3,(H,29,31). The van der Waals surface area contributed by atoms with Gasteiger partial charge in [-0.3, -0.25) is 4.79 Å². The van der Waals surface area contributed by atoms with Crippen molar-refractivity contribution in [2.75, 3.05) is 19.6 Å². The molecule has 0 fully saturated rings. The molecule has 0 aliphatic rings. The van der Waals surface area contributed by atoms with Gasteiger partial charge in [-0.05, 0) is 35.4 Å². The molecule has 1 amide bonds. The molecule has 4 rings (SSSR count). The summed E-state index contributed by atoms with van der Waals surface area (Å²) in [5, 5.41) is 4.13. The van der Waals surface area contributed by atoms with Crippen LogP contribution in [0.4, 0.5) is 0 Å². The lowest BCUT2D eigenvalue weighted by Gasteiger charge is -2.20. The Morgan fingerprint density at radius 3 is 2.38 bits per heavy atom.